The second kappa shape index (κ2) is 4.26. The number of fused-ring (bicyclic) bond motifs is 1. The van der Waals surface area contributed by atoms with Crippen molar-refractivity contribution in [2.24, 2.45) is 0 Å². The molecule has 0 aliphatic carbocycles. The average molecular weight is 234 g/mol. The summed E-state index contributed by atoms with van der Waals surface area (Å²) in [6.07, 6.45) is 2.15. The van der Waals surface area contributed by atoms with E-state index in [-0.39, 0.29) is 0 Å². The number of hydrogen-bond donors (Lipinski definition) is 0. The van der Waals surface area contributed by atoms with Crippen molar-refractivity contribution in [1.82, 2.24) is 0 Å². The first-order valence-electron chi connectivity index (χ1n) is 6.23. The van der Waals surface area contributed by atoms with Gasteiger partial charge in [-0.2, -0.15) is 4.57 Å². The molecule has 18 heavy (non-hydrogen) atoms. The normalized spacial score (nSPS) is 10.8. The predicted octanol–water partition coefficient (Wildman–Crippen LogP) is 3.73. The molecule has 0 aliphatic heterocycles. The zero-order valence-electron chi connectivity index (χ0n) is 10.7. The van der Waals surface area contributed by atoms with Crippen LogP contribution < -0.4 is 4.57 Å². The van der Waals surface area contributed by atoms with Gasteiger partial charge < -0.3 is 0 Å². The predicted molar refractivity (Wildman–Crippen MR) is 75.0 cm³/mol. The Morgan fingerprint density at radius 2 is 1.67 bits per heavy atom. The molecule has 0 atom stereocenters. The quantitative estimate of drug-likeness (QED) is 0.565. The van der Waals surface area contributed by atoms with Gasteiger partial charge in [0.1, 0.15) is 0 Å². The maximum atomic E-state index is 2.25. The van der Waals surface area contributed by atoms with Crippen LogP contribution in [0.2, 0.25) is 0 Å². The molecule has 1 aromatic heterocycles. The highest BCUT2D eigenvalue weighted by molar-refractivity contribution is 5.79. The Morgan fingerprint density at radius 3 is 2.50 bits per heavy atom. The number of nitrogens with zero attached hydrogens (tertiary/aromatic N) is 1. The van der Waals surface area contributed by atoms with Crippen LogP contribution in [0, 0.1) is 13.8 Å². The highest BCUT2D eigenvalue weighted by Gasteiger charge is 2.12. The average Bonchev–Trinajstić information content (AvgIpc) is 2.39. The van der Waals surface area contributed by atoms with E-state index in [0.717, 1.165) is 0 Å². The van der Waals surface area contributed by atoms with Crippen molar-refractivity contribution < 1.29 is 4.57 Å². The summed E-state index contributed by atoms with van der Waals surface area (Å²) in [5.74, 6) is 0. The van der Waals surface area contributed by atoms with E-state index in [1.165, 1.54) is 27.7 Å². The number of hydrogen-bond acceptors (Lipinski definition) is 0. The van der Waals surface area contributed by atoms with E-state index in [2.05, 4.69) is 79.2 Å². The molecule has 0 aliphatic rings. The fourth-order valence-corrected chi connectivity index (χ4v) is 2.38. The molecule has 3 rings (SSSR count). The largest absolute Gasteiger partial charge is 0.218 e. The smallest absolute Gasteiger partial charge is 0.160 e. The third-order valence-corrected chi connectivity index (χ3v) is 3.34. The van der Waals surface area contributed by atoms with Gasteiger partial charge in [-0.3, -0.25) is 0 Å². The monoisotopic (exact) mass is 234 g/mol. The van der Waals surface area contributed by atoms with Crippen LogP contribution in [0.1, 0.15) is 11.1 Å². The van der Waals surface area contributed by atoms with Gasteiger partial charge in [0.2, 0.25) is 11.2 Å². The molecule has 0 N–H and O–H groups in total. The lowest BCUT2D eigenvalue weighted by Gasteiger charge is -2.03. The molecule has 0 fully saturated rings. The maximum absolute atomic E-state index is 2.25. The van der Waals surface area contributed by atoms with Crippen LogP contribution in [0.15, 0.2) is 60.8 Å². The standard InChI is InChI=1S/C17H16N/c1-13-6-5-7-15(12-13)18-11-10-14(2)16-8-3-4-9-17(16)18/h3-12H,1-2H3/q+1. The van der Waals surface area contributed by atoms with Crippen LogP contribution in [-0.2, 0) is 0 Å². The van der Waals surface area contributed by atoms with Crippen molar-refractivity contribution in [2.75, 3.05) is 0 Å². The molecule has 0 amide bonds. The van der Waals surface area contributed by atoms with Gasteiger partial charge >= 0.3 is 0 Å². The number of aryl methyl sites for hydroxylation is 2. The molecular formula is C17H16N+. The highest BCUT2D eigenvalue weighted by atomic mass is 15.0. The number of para-hydroxylation sites is 1. The van der Waals surface area contributed by atoms with Crippen LogP contribution >= 0.6 is 0 Å². The minimum atomic E-state index is 1.21. The number of pyridine rings is 1. The third-order valence-electron chi connectivity index (χ3n) is 3.34. The van der Waals surface area contributed by atoms with Gasteiger partial charge in [0.05, 0.1) is 0 Å². The first kappa shape index (κ1) is 11.0. The van der Waals surface area contributed by atoms with Gasteiger partial charge in [-0.05, 0) is 31.0 Å². The lowest BCUT2D eigenvalue weighted by molar-refractivity contribution is -0.567. The minimum absolute atomic E-state index is 1.21. The second-order valence-electron chi connectivity index (χ2n) is 4.72. The molecule has 0 radical (unpaired) electrons. The van der Waals surface area contributed by atoms with E-state index < -0.39 is 0 Å². The first-order valence-corrected chi connectivity index (χ1v) is 6.23. The Kier molecular flexibility index (Phi) is 2.60. The summed E-state index contributed by atoms with van der Waals surface area (Å²) in [7, 11) is 0. The molecule has 0 unspecified atom stereocenters. The van der Waals surface area contributed by atoms with Gasteiger partial charge in [-0.25, -0.2) is 0 Å². The SMILES string of the molecule is Cc1cccc(-[n+]2ccc(C)c3ccccc32)c1. The summed E-state index contributed by atoms with van der Waals surface area (Å²) in [5.41, 5.74) is 5.06. The Bertz CT molecular complexity index is 714. The van der Waals surface area contributed by atoms with E-state index >= 15 is 0 Å². The summed E-state index contributed by atoms with van der Waals surface area (Å²) in [6, 6.07) is 19.3. The van der Waals surface area contributed by atoms with Gasteiger partial charge in [0, 0.05) is 29.7 Å². The molecular weight excluding hydrogens is 218 g/mol. The van der Waals surface area contributed by atoms with Crippen LogP contribution in [0.25, 0.3) is 16.6 Å². The van der Waals surface area contributed by atoms with Crippen LogP contribution in [0.5, 0.6) is 0 Å². The van der Waals surface area contributed by atoms with E-state index in [0.29, 0.717) is 0 Å². The van der Waals surface area contributed by atoms with Crippen molar-refractivity contribution >= 4 is 10.9 Å². The van der Waals surface area contributed by atoms with Crippen LogP contribution in [0.4, 0.5) is 0 Å². The molecule has 3 aromatic rings. The Balaban J connectivity index is 2.33. The fraction of sp³-hybridized carbons (Fsp3) is 0.118. The van der Waals surface area contributed by atoms with E-state index in [1.807, 2.05) is 0 Å². The molecule has 0 spiro atoms. The molecule has 1 heteroatoms. The summed E-state index contributed by atoms with van der Waals surface area (Å²) in [5, 5.41) is 1.31. The summed E-state index contributed by atoms with van der Waals surface area (Å²) in [4.78, 5) is 0. The van der Waals surface area contributed by atoms with Crippen LogP contribution in [-0.4, -0.2) is 0 Å². The topological polar surface area (TPSA) is 3.88 Å². The Morgan fingerprint density at radius 1 is 0.833 bits per heavy atom. The number of aromatic nitrogens is 1. The summed E-state index contributed by atoms with van der Waals surface area (Å²) < 4.78 is 2.25. The first-order chi connectivity index (χ1) is 8.75. The van der Waals surface area contributed by atoms with Crippen LogP contribution in [0.3, 0.4) is 0 Å². The van der Waals surface area contributed by atoms with Gasteiger partial charge in [-0.1, -0.05) is 24.3 Å². The van der Waals surface area contributed by atoms with Gasteiger partial charge in [-0.15, -0.1) is 0 Å². The Hall–Kier alpha value is -2.15. The number of rotatable bonds is 1. The van der Waals surface area contributed by atoms with E-state index in [1.54, 1.807) is 0 Å². The molecule has 2 aromatic carbocycles. The van der Waals surface area contributed by atoms with Crippen molar-refractivity contribution in [3.63, 3.8) is 0 Å². The Labute approximate surface area is 107 Å². The van der Waals surface area contributed by atoms with Crippen molar-refractivity contribution in [3.05, 3.63) is 71.9 Å². The molecule has 0 bridgehead atoms. The molecule has 0 saturated carbocycles. The van der Waals surface area contributed by atoms with Gasteiger partial charge in [0.25, 0.3) is 0 Å². The maximum Gasteiger partial charge on any atom is 0.218 e. The minimum Gasteiger partial charge on any atom is -0.160 e. The molecule has 1 nitrogen and oxygen atoms in total. The second-order valence-corrected chi connectivity index (χ2v) is 4.72. The zero-order chi connectivity index (χ0) is 12.5. The molecule has 88 valence electrons. The summed E-state index contributed by atoms with van der Waals surface area (Å²) in [6.45, 7) is 4.28. The summed E-state index contributed by atoms with van der Waals surface area (Å²) >= 11 is 0. The third kappa shape index (κ3) is 1.78. The molecule has 0 saturated heterocycles. The number of benzene rings is 2. The highest BCUT2D eigenvalue weighted by Crippen LogP contribution is 2.16. The fourth-order valence-electron chi connectivity index (χ4n) is 2.38. The van der Waals surface area contributed by atoms with Crippen molar-refractivity contribution in [1.29, 1.82) is 0 Å². The lowest BCUT2D eigenvalue weighted by atomic mass is 10.1. The van der Waals surface area contributed by atoms with Crippen molar-refractivity contribution in [3.8, 4) is 5.69 Å². The lowest BCUT2D eigenvalue weighted by Crippen LogP contribution is -2.31. The van der Waals surface area contributed by atoms with E-state index in [4.69, 9.17) is 0 Å². The van der Waals surface area contributed by atoms with Gasteiger partial charge in [0.15, 0.2) is 6.20 Å². The van der Waals surface area contributed by atoms with Crippen molar-refractivity contribution in [2.45, 2.75) is 13.8 Å². The zero-order valence-corrected chi connectivity index (χ0v) is 10.7. The molecule has 1 heterocycles. The van der Waals surface area contributed by atoms with E-state index in [9.17, 15) is 0 Å².